The van der Waals surface area contributed by atoms with Crippen molar-refractivity contribution in [3.63, 3.8) is 0 Å². The van der Waals surface area contributed by atoms with Gasteiger partial charge in [0.25, 0.3) is 0 Å². The van der Waals surface area contributed by atoms with Gasteiger partial charge in [-0.2, -0.15) is 0 Å². The maximum Gasteiger partial charge on any atom is -0.00730 e. The molecule has 0 aromatic heterocycles. The molecule has 0 fully saturated rings. The van der Waals surface area contributed by atoms with Gasteiger partial charge < -0.3 is 0 Å². The zero-order valence-electron chi connectivity index (χ0n) is 16.9. The van der Waals surface area contributed by atoms with Crippen LogP contribution in [0.4, 0.5) is 0 Å². The second-order valence-electron chi connectivity index (χ2n) is 8.03. The molecular formula is C28H28. The fraction of sp³-hybridized carbons (Fsp3) is 0.214. The Morgan fingerprint density at radius 1 is 0.750 bits per heavy atom. The van der Waals surface area contributed by atoms with Crippen LogP contribution in [0.2, 0.25) is 0 Å². The Morgan fingerprint density at radius 2 is 1.46 bits per heavy atom. The monoisotopic (exact) mass is 364 g/mol. The van der Waals surface area contributed by atoms with Gasteiger partial charge in [0.15, 0.2) is 0 Å². The summed E-state index contributed by atoms with van der Waals surface area (Å²) >= 11 is 0. The molecule has 0 nitrogen and oxygen atoms in total. The van der Waals surface area contributed by atoms with Crippen LogP contribution >= 0.6 is 0 Å². The highest BCUT2D eigenvalue weighted by Gasteiger charge is 2.12. The second kappa shape index (κ2) is 8.44. The third-order valence-electron chi connectivity index (χ3n) is 5.62. The summed E-state index contributed by atoms with van der Waals surface area (Å²) in [5.74, 6) is 0.647. The van der Waals surface area contributed by atoms with E-state index in [0.717, 1.165) is 12.8 Å². The van der Waals surface area contributed by atoms with E-state index in [9.17, 15) is 0 Å². The van der Waals surface area contributed by atoms with Crippen LogP contribution in [0.15, 0.2) is 91.0 Å². The topological polar surface area (TPSA) is 0 Å². The smallest absolute Gasteiger partial charge is 0.00730 e. The molecule has 0 aliphatic carbocycles. The van der Waals surface area contributed by atoms with Crippen molar-refractivity contribution in [3.8, 4) is 11.1 Å². The van der Waals surface area contributed by atoms with E-state index >= 15 is 0 Å². The predicted molar refractivity (Wildman–Crippen MR) is 122 cm³/mol. The van der Waals surface area contributed by atoms with Gasteiger partial charge in [-0.25, -0.2) is 0 Å². The van der Waals surface area contributed by atoms with E-state index in [1.54, 1.807) is 0 Å². The van der Waals surface area contributed by atoms with Gasteiger partial charge >= 0.3 is 0 Å². The summed E-state index contributed by atoms with van der Waals surface area (Å²) in [7, 11) is 0. The Kier molecular flexibility index (Phi) is 5.58. The predicted octanol–water partition coefficient (Wildman–Crippen LogP) is 7.63. The second-order valence-corrected chi connectivity index (χ2v) is 8.03. The molecule has 0 amide bonds. The molecule has 1 unspecified atom stereocenters. The van der Waals surface area contributed by atoms with Crippen LogP contribution in [-0.4, -0.2) is 0 Å². The largest absolute Gasteiger partial charge is 0.0622 e. The fourth-order valence-electron chi connectivity index (χ4n) is 4.24. The van der Waals surface area contributed by atoms with Gasteiger partial charge in [-0.05, 0) is 65.1 Å². The summed E-state index contributed by atoms with van der Waals surface area (Å²) in [5, 5.41) is 2.78. The first-order chi connectivity index (χ1) is 13.7. The van der Waals surface area contributed by atoms with Gasteiger partial charge in [0, 0.05) is 0 Å². The van der Waals surface area contributed by atoms with Crippen LogP contribution in [0, 0.1) is 12.8 Å². The van der Waals surface area contributed by atoms with Crippen LogP contribution in [-0.2, 0) is 12.8 Å². The van der Waals surface area contributed by atoms with Crippen molar-refractivity contribution >= 4 is 10.8 Å². The minimum atomic E-state index is 0.647. The minimum Gasteiger partial charge on any atom is -0.0622 e. The average Bonchev–Trinajstić information content (AvgIpc) is 2.73. The molecule has 140 valence electrons. The molecule has 28 heavy (non-hydrogen) atoms. The minimum absolute atomic E-state index is 0.647. The molecule has 0 heteroatoms. The summed E-state index contributed by atoms with van der Waals surface area (Å²) in [4.78, 5) is 0. The molecule has 0 saturated heterocycles. The SMILES string of the molecule is Cc1cc(CC(C)CCc2ccccc2)c2c(-c3ccccc3)cccc2c1. The molecule has 0 radical (unpaired) electrons. The van der Waals surface area contributed by atoms with Crippen LogP contribution in [0.5, 0.6) is 0 Å². The summed E-state index contributed by atoms with van der Waals surface area (Å²) in [6.07, 6.45) is 3.49. The van der Waals surface area contributed by atoms with E-state index in [0.29, 0.717) is 5.92 Å². The van der Waals surface area contributed by atoms with E-state index in [-0.39, 0.29) is 0 Å². The number of benzene rings is 4. The first-order valence-corrected chi connectivity index (χ1v) is 10.3. The zero-order valence-corrected chi connectivity index (χ0v) is 16.9. The zero-order chi connectivity index (χ0) is 19.3. The lowest BCUT2D eigenvalue weighted by molar-refractivity contribution is 0.532. The van der Waals surface area contributed by atoms with Crippen molar-refractivity contribution < 1.29 is 0 Å². The highest BCUT2D eigenvalue weighted by Crippen LogP contribution is 2.33. The lowest BCUT2D eigenvalue weighted by atomic mass is 9.87. The van der Waals surface area contributed by atoms with Gasteiger partial charge in [-0.1, -0.05) is 103 Å². The van der Waals surface area contributed by atoms with Crippen molar-refractivity contribution in [2.24, 2.45) is 5.92 Å². The summed E-state index contributed by atoms with van der Waals surface area (Å²) < 4.78 is 0. The fourth-order valence-corrected chi connectivity index (χ4v) is 4.24. The maximum absolute atomic E-state index is 2.40. The van der Waals surface area contributed by atoms with E-state index in [1.807, 2.05) is 0 Å². The number of rotatable bonds is 6. The van der Waals surface area contributed by atoms with Crippen molar-refractivity contribution in [1.82, 2.24) is 0 Å². The standard InChI is InChI=1S/C28H28/c1-21(16-17-23-10-5-3-6-11-23)18-26-20-22(2)19-25-14-9-15-27(28(25)26)24-12-7-4-8-13-24/h3-15,19-21H,16-18H2,1-2H3. The molecule has 4 rings (SSSR count). The van der Waals surface area contributed by atoms with E-state index < -0.39 is 0 Å². The first-order valence-electron chi connectivity index (χ1n) is 10.3. The van der Waals surface area contributed by atoms with Crippen LogP contribution in [0.1, 0.15) is 30.0 Å². The van der Waals surface area contributed by atoms with E-state index in [2.05, 4.69) is 105 Å². The van der Waals surface area contributed by atoms with Crippen LogP contribution < -0.4 is 0 Å². The summed E-state index contributed by atoms with van der Waals surface area (Å²) in [5.41, 5.74) is 6.92. The van der Waals surface area contributed by atoms with Crippen molar-refractivity contribution in [2.45, 2.75) is 33.1 Å². The Hall–Kier alpha value is -2.86. The molecule has 0 spiro atoms. The molecule has 0 heterocycles. The normalized spacial score (nSPS) is 12.2. The number of fused-ring (bicyclic) bond motifs is 1. The number of hydrogen-bond donors (Lipinski definition) is 0. The highest BCUT2D eigenvalue weighted by molar-refractivity contribution is 5.99. The molecule has 0 bridgehead atoms. The summed E-state index contributed by atoms with van der Waals surface area (Å²) in [6, 6.07) is 33.1. The van der Waals surface area contributed by atoms with Gasteiger partial charge in [0.1, 0.15) is 0 Å². The van der Waals surface area contributed by atoms with Crippen molar-refractivity contribution in [2.75, 3.05) is 0 Å². The third-order valence-corrected chi connectivity index (χ3v) is 5.62. The van der Waals surface area contributed by atoms with Crippen molar-refractivity contribution in [1.29, 1.82) is 0 Å². The molecule has 4 aromatic rings. The molecule has 0 N–H and O–H groups in total. The lowest BCUT2D eigenvalue weighted by Crippen LogP contribution is -2.03. The maximum atomic E-state index is 2.40. The van der Waals surface area contributed by atoms with Gasteiger partial charge in [-0.3, -0.25) is 0 Å². The Bertz CT molecular complexity index is 1050. The van der Waals surface area contributed by atoms with E-state index in [1.165, 1.54) is 45.0 Å². The van der Waals surface area contributed by atoms with Crippen LogP contribution in [0.3, 0.4) is 0 Å². The average molecular weight is 365 g/mol. The number of aryl methyl sites for hydroxylation is 2. The van der Waals surface area contributed by atoms with Gasteiger partial charge in [0.05, 0.1) is 0 Å². The molecular weight excluding hydrogens is 336 g/mol. The lowest BCUT2D eigenvalue weighted by Gasteiger charge is -2.17. The van der Waals surface area contributed by atoms with E-state index in [4.69, 9.17) is 0 Å². The Balaban J connectivity index is 1.66. The molecule has 4 aromatic carbocycles. The Labute approximate surface area is 168 Å². The Morgan fingerprint density at radius 3 is 2.21 bits per heavy atom. The molecule has 0 saturated carbocycles. The highest BCUT2D eigenvalue weighted by atomic mass is 14.2. The molecule has 1 atom stereocenters. The summed E-state index contributed by atoms with van der Waals surface area (Å²) in [6.45, 7) is 4.61. The molecule has 0 aliphatic heterocycles. The van der Waals surface area contributed by atoms with Gasteiger partial charge in [0.2, 0.25) is 0 Å². The first kappa shape index (κ1) is 18.5. The third kappa shape index (κ3) is 4.17. The quantitative estimate of drug-likeness (QED) is 0.330. The van der Waals surface area contributed by atoms with Crippen LogP contribution in [0.25, 0.3) is 21.9 Å². The molecule has 0 aliphatic rings. The van der Waals surface area contributed by atoms with Crippen molar-refractivity contribution in [3.05, 3.63) is 108 Å². The van der Waals surface area contributed by atoms with Gasteiger partial charge in [-0.15, -0.1) is 0 Å². The number of hydrogen-bond acceptors (Lipinski definition) is 0.